The minimum absolute atomic E-state index is 1.06. The Balaban J connectivity index is 2.11. The van der Waals surface area contributed by atoms with Crippen molar-refractivity contribution in [3.05, 3.63) is 40.3 Å². The number of aromatic amines is 1. The van der Waals surface area contributed by atoms with Crippen LogP contribution in [0.1, 0.15) is 11.1 Å². The summed E-state index contributed by atoms with van der Waals surface area (Å²) in [5.74, 6) is 0. The second kappa shape index (κ2) is 4.13. The number of thiophene rings is 2. The molecule has 1 N–H and O–H groups in total. The molecule has 86 valence electrons. The van der Waals surface area contributed by atoms with Crippen molar-refractivity contribution in [2.75, 3.05) is 0 Å². The molecule has 4 heteroatoms. The number of aryl methyl sites for hydroxylation is 2. The second-order valence-electron chi connectivity index (χ2n) is 4.10. The Kier molecular flexibility index (Phi) is 2.61. The normalized spacial score (nSPS) is 10.9. The second-order valence-corrected chi connectivity index (χ2v) is 5.93. The van der Waals surface area contributed by atoms with Gasteiger partial charge in [-0.1, -0.05) is 0 Å². The highest BCUT2D eigenvalue weighted by Gasteiger charge is 2.13. The third kappa shape index (κ3) is 1.94. The number of hydrogen-bond donors (Lipinski definition) is 1. The zero-order chi connectivity index (χ0) is 11.8. The average Bonchev–Trinajstić information content (AvgIpc) is 2.96. The molecule has 0 fully saturated rings. The predicted octanol–water partition coefficient (Wildman–Crippen LogP) is 4.48. The van der Waals surface area contributed by atoms with Crippen LogP contribution in [-0.2, 0) is 0 Å². The highest BCUT2D eigenvalue weighted by atomic mass is 32.1. The fourth-order valence-corrected chi connectivity index (χ4v) is 3.60. The summed E-state index contributed by atoms with van der Waals surface area (Å²) in [6.45, 7) is 4.23. The van der Waals surface area contributed by atoms with E-state index in [1.807, 2.05) is 0 Å². The molecule has 3 aromatic rings. The van der Waals surface area contributed by atoms with Crippen LogP contribution in [0, 0.1) is 13.8 Å². The average molecular weight is 260 g/mol. The zero-order valence-electron chi connectivity index (χ0n) is 9.65. The maximum Gasteiger partial charge on any atom is 0.107 e. The largest absolute Gasteiger partial charge is 0.343 e. The number of imidazole rings is 1. The zero-order valence-corrected chi connectivity index (χ0v) is 11.3. The molecule has 0 atom stereocenters. The van der Waals surface area contributed by atoms with Crippen molar-refractivity contribution < 1.29 is 0 Å². The maximum atomic E-state index is 4.45. The molecular weight excluding hydrogens is 248 g/mol. The van der Waals surface area contributed by atoms with Gasteiger partial charge in [-0.2, -0.15) is 0 Å². The van der Waals surface area contributed by atoms with Gasteiger partial charge in [0.15, 0.2) is 0 Å². The van der Waals surface area contributed by atoms with Crippen molar-refractivity contribution in [2.24, 2.45) is 0 Å². The Labute approximate surface area is 108 Å². The van der Waals surface area contributed by atoms with E-state index >= 15 is 0 Å². The Bertz CT molecular complexity index is 591. The van der Waals surface area contributed by atoms with Crippen molar-refractivity contribution in [3.8, 4) is 21.1 Å². The van der Waals surface area contributed by atoms with E-state index in [9.17, 15) is 0 Å². The van der Waals surface area contributed by atoms with Gasteiger partial charge in [0.1, 0.15) is 5.69 Å². The first-order valence-electron chi connectivity index (χ1n) is 5.38. The van der Waals surface area contributed by atoms with Gasteiger partial charge >= 0.3 is 0 Å². The monoisotopic (exact) mass is 260 g/mol. The van der Waals surface area contributed by atoms with Crippen LogP contribution in [-0.4, -0.2) is 9.97 Å². The smallest absolute Gasteiger partial charge is 0.107 e. The number of rotatable bonds is 2. The molecule has 0 aromatic carbocycles. The molecule has 3 aromatic heterocycles. The summed E-state index contributed by atoms with van der Waals surface area (Å²) in [7, 11) is 0. The van der Waals surface area contributed by atoms with E-state index in [0.717, 1.165) is 11.4 Å². The van der Waals surface area contributed by atoms with Gasteiger partial charge in [-0.15, -0.1) is 22.7 Å². The van der Waals surface area contributed by atoms with Crippen LogP contribution >= 0.6 is 22.7 Å². The van der Waals surface area contributed by atoms with Gasteiger partial charge in [0.2, 0.25) is 0 Å². The molecule has 0 aliphatic carbocycles. The lowest BCUT2D eigenvalue weighted by atomic mass is 10.2. The summed E-state index contributed by atoms with van der Waals surface area (Å²) in [5, 5.41) is 4.33. The first kappa shape index (κ1) is 10.7. The summed E-state index contributed by atoms with van der Waals surface area (Å²) < 4.78 is 0. The van der Waals surface area contributed by atoms with E-state index in [1.54, 1.807) is 29.0 Å². The summed E-state index contributed by atoms with van der Waals surface area (Å²) in [5.41, 5.74) is 4.78. The third-order valence-corrected chi connectivity index (χ3v) is 4.70. The van der Waals surface area contributed by atoms with Crippen molar-refractivity contribution in [1.29, 1.82) is 0 Å². The highest BCUT2D eigenvalue weighted by molar-refractivity contribution is 7.14. The van der Waals surface area contributed by atoms with E-state index in [0.29, 0.717) is 0 Å². The number of nitrogens with zero attached hydrogens (tertiary/aromatic N) is 1. The third-order valence-electron chi connectivity index (χ3n) is 2.58. The van der Waals surface area contributed by atoms with Gasteiger partial charge < -0.3 is 4.98 Å². The number of aromatic nitrogens is 2. The topological polar surface area (TPSA) is 28.7 Å². The predicted molar refractivity (Wildman–Crippen MR) is 74.7 cm³/mol. The van der Waals surface area contributed by atoms with Crippen LogP contribution in [0.3, 0.4) is 0 Å². The molecule has 0 aliphatic heterocycles. The molecular formula is C13H12N2S2. The van der Waals surface area contributed by atoms with E-state index in [2.05, 4.69) is 46.7 Å². The fraction of sp³-hybridized carbons (Fsp3) is 0.154. The van der Waals surface area contributed by atoms with Crippen LogP contribution < -0.4 is 0 Å². The number of H-pyrrole nitrogens is 1. The van der Waals surface area contributed by atoms with Crippen LogP contribution in [0.5, 0.6) is 0 Å². The van der Waals surface area contributed by atoms with Gasteiger partial charge in [-0.05, 0) is 47.9 Å². The van der Waals surface area contributed by atoms with Crippen molar-refractivity contribution >= 4 is 22.7 Å². The molecule has 0 saturated carbocycles. The fourth-order valence-electron chi connectivity index (χ4n) is 1.79. The Morgan fingerprint density at radius 1 is 1.00 bits per heavy atom. The Morgan fingerprint density at radius 3 is 2.24 bits per heavy atom. The quantitative estimate of drug-likeness (QED) is 0.723. The van der Waals surface area contributed by atoms with Crippen LogP contribution in [0.2, 0.25) is 0 Å². The molecule has 3 rings (SSSR count). The Morgan fingerprint density at radius 2 is 1.65 bits per heavy atom. The van der Waals surface area contributed by atoms with E-state index in [1.165, 1.54) is 20.9 Å². The first-order chi connectivity index (χ1) is 8.24. The number of nitrogens with one attached hydrogen (secondary N) is 1. The molecule has 0 saturated heterocycles. The molecule has 0 spiro atoms. The van der Waals surface area contributed by atoms with Gasteiger partial charge in [-0.25, -0.2) is 4.98 Å². The van der Waals surface area contributed by atoms with Crippen LogP contribution in [0.15, 0.2) is 29.2 Å². The standard InChI is InChI=1S/C13H12N2S2/c1-8-3-10(16-5-8)12-13(15-7-14-12)11-4-9(2)6-17-11/h3-7H,1-2H3,(H,14,15). The van der Waals surface area contributed by atoms with Gasteiger partial charge in [-0.3, -0.25) is 0 Å². The molecule has 0 aliphatic rings. The van der Waals surface area contributed by atoms with E-state index < -0.39 is 0 Å². The van der Waals surface area contributed by atoms with Gasteiger partial charge in [0.05, 0.1) is 21.8 Å². The molecule has 0 amide bonds. The van der Waals surface area contributed by atoms with Crippen LogP contribution in [0.4, 0.5) is 0 Å². The van der Waals surface area contributed by atoms with Gasteiger partial charge in [0.25, 0.3) is 0 Å². The molecule has 2 nitrogen and oxygen atoms in total. The molecule has 17 heavy (non-hydrogen) atoms. The summed E-state index contributed by atoms with van der Waals surface area (Å²) in [6.07, 6.45) is 1.77. The lowest BCUT2D eigenvalue weighted by Crippen LogP contribution is -1.77. The molecule has 3 heterocycles. The van der Waals surface area contributed by atoms with Crippen molar-refractivity contribution in [3.63, 3.8) is 0 Å². The SMILES string of the molecule is Cc1csc(-c2nc[nH]c2-c2cc(C)cs2)c1. The summed E-state index contributed by atoms with van der Waals surface area (Å²) >= 11 is 3.50. The van der Waals surface area contributed by atoms with E-state index in [4.69, 9.17) is 0 Å². The molecule has 0 bridgehead atoms. The van der Waals surface area contributed by atoms with Gasteiger partial charge in [0, 0.05) is 0 Å². The maximum absolute atomic E-state index is 4.45. The lowest BCUT2D eigenvalue weighted by Gasteiger charge is -1.96. The van der Waals surface area contributed by atoms with E-state index in [-0.39, 0.29) is 0 Å². The number of hydrogen-bond acceptors (Lipinski definition) is 3. The first-order valence-corrected chi connectivity index (χ1v) is 7.14. The summed E-state index contributed by atoms with van der Waals surface area (Å²) in [6, 6.07) is 4.38. The summed E-state index contributed by atoms with van der Waals surface area (Å²) in [4.78, 5) is 10.2. The Hall–Kier alpha value is -1.39. The molecule has 0 unspecified atom stereocenters. The minimum atomic E-state index is 1.06. The minimum Gasteiger partial charge on any atom is -0.343 e. The highest BCUT2D eigenvalue weighted by Crippen LogP contribution is 2.35. The lowest BCUT2D eigenvalue weighted by molar-refractivity contribution is 1.32. The van der Waals surface area contributed by atoms with Crippen molar-refractivity contribution in [1.82, 2.24) is 9.97 Å². The molecule has 0 radical (unpaired) electrons. The van der Waals surface area contributed by atoms with Crippen LogP contribution in [0.25, 0.3) is 21.1 Å². The van der Waals surface area contributed by atoms with Crippen molar-refractivity contribution in [2.45, 2.75) is 13.8 Å².